The molecule has 0 bridgehead atoms. The van der Waals surface area contributed by atoms with E-state index in [2.05, 4.69) is 12.2 Å². The van der Waals surface area contributed by atoms with Crippen molar-refractivity contribution in [3.63, 3.8) is 0 Å². The molecule has 1 aliphatic rings. The van der Waals surface area contributed by atoms with E-state index in [1.165, 1.54) is 37.8 Å². The van der Waals surface area contributed by atoms with Crippen molar-refractivity contribution in [2.45, 2.75) is 45.1 Å². The standard InChI is InChI=1S/C14H20ClN/c1-11(10-12-4-2-3-5-12)16-14-8-6-13(15)7-9-14/h6-9,11-12,16H,2-5,10H2,1H3. The lowest BCUT2D eigenvalue weighted by atomic mass is 9.99. The number of halogens is 1. The van der Waals surface area contributed by atoms with E-state index in [0.29, 0.717) is 6.04 Å². The van der Waals surface area contributed by atoms with Crippen LogP contribution in [0.4, 0.5) is 5.69 Å². The van der Waals surface area contributed by atoms with E-state index in [0.717, 1.165) is 10.9 Å². The van der Waals surface area contributed by atoms with Gasteiger partial charge in [0.2, 0.25) is 0 Å². The van der Waals surface area contributed by atoms with Crippen LogP contribution in [-0.4, -0.2) is 6.04 Å². The van der Waals surface area contributed by atoms with E-state index in [4.69, 9.17) is 11.6 Å². The summed E-state index contributed by atoms with van der Waals surface area (Å²) in [6, 6.07) is 8.53. The van der Waals surface area contributed by atoms with Gasteiger partial charge in [-0.1, -0.05) is 37.3 Å². The smallest absolute Gasteiger partial charge is 0.0407 e. The molecule has 1 nitrogen and oxygen atoms in total. The molecule has 0 amide bonds. The first kappa shape index (κ1) is 11.8. The number of rotatable bonds is 4. The van der Waals surface area contributed by atoms with Gasteiger partial charge in [-0.3, -0.25) is 0 Å². The van der Waals surface area contributed by atoms with E-state index in [9.17, 15) is 0 Å². The molecule has 0 radical (unpaired) electrons. The predicted molar refractivity (Wildman–Crippen MR) is 71.1 cm³/mol. The Morgan fingerprint density at radius 3 is 2.50 bits per heavy atom. The van der Waals surface area contributed by atoms with Gasteiger partial charge < -0.3 is 5.32 Å². The van der Waals surface area contributed by atoms with Gasteiger partial charge in [0.15, 0.2) is 0 Å². The third-order valence-electron chi connectivity index (χ3n) is 3.42. The summed E-state index contributed by atoms with van der Waals surface area (Å²) in [5.74, 6) is 0.940. The van der Waals surface area contributed by atoms with Crippen molar-refractivity contribution in [1.82, 2.24) is 0 Å². The molecule has 1 aromatic carbocycles. The van der Waals surface area contributed by atoms with Crippen LogP contribution >= 0.6 is 11.6 Å². The molecule has 88 valence electrons. The molecule has 16 heavy (non-hydrogen) atoms. The highest BCUT2D eigenvalue weighted by atomic mass is 35.5. The fourth-order valence-corrected chi connectivity index (χ4v) is 2.76. The minimum Gasteiger partial charge on any atom is -0.383 e. The van der Waals surface area contributed by atoms with Crippen LogP contribution in [0.15, 0.2) is 24.3 Å². The maximum Gasteiger partial charge on any atom is 0.0407 e. The molecule has 1 fully saturated rings. The van der Waals surface area contributed by atoms with E-state index in [1.54, 1.807) is 0 Å². The molecule has 1 aliphatic carbocycles. The first-order valence-electron chi connectivity index (χ1n) is 6.26. The first-order chi connectivity index (χ1) is 7.74. The SMILES string of the molecule is CC(CC1CCCC1)Nc1ccc(Cl)cc1. The van der Waals surface area contributed by atoms with Crippen LogP contribution in [0.5, 0.6) is 0 Å². The Balaban J connectivity index is 1.81. The van der Waals surface area contributed by atoms with Crippen molar-refractivity contribution in [3.05, 3.63) is 29.3 Å². The van der Waals surface area contributed by atoms with Gasteiger partial charge >= 0.3 is 0 Å². The number of nitrogens with one attached hydrogen (secondary N) is 1. The molecule has 0 heterocycles. The van der Waals surface area contributed by atoms with Crippen LogP contribution in [0.2, 0.25) is 5.02 Å². The Hall–Kier alpha value is -0.690. The Morgan fingerprint density at radius 1 is 1.25 bits per heavy atom. The number of hydrogen-bond donors (Lipinski definition) is 1. The third kappa shape index (κ3) is 3.41. The quantitative estimate of drug-likeness (QED) is 0.799. The summed E-state index contributed by atoms with van der Waals surface area (Å²) in [5.41, 5.74) is 1.18. The molecule has 0 aliphatic heterocycles. The van der Waals surface area contributed by atoms with E-state index in [1.807, 2.05) is 24.3 Å². The zero-order chi connectivity index (χ0) is 11.4. The molecule has 2 heteroatoms. The molecule has 0 spiro atoms. The molecule has 1 N–H and O–H groups in total. The van der Waals surface area contributed by atoms with Crippen molar-refractivity contribution in [2.75, 3.05) is 5.32 Å². The Labute approximate surface area is 103 Å². The van der Waals surface area contributed by atoms with Crippen molar-refractivity contribution in [3.8, 4) is 0 Å². The van der Waals surface area contributed by atoms with E-state index >= 15 is 0 Å². The highest BCUT2D eigenvalue weighted by Crippen LogP contribution is 2.29. The zero-order valence-corrected chi connectivity index (χ0v) is 10.6. The molecule has 0 saturated heterocycles. The lowest BCUT2D eigenvalue weighted by Crippen LogP contribution is -2.18. The van der Waals surface area contributed by atoms with Crippen LogP contribution in [0, 0.1) is 5.92 Å². The van der Waals surface area contributed by atoms with Crippen molar-refractivity contribution >= 4 is 17.3 Å². The molecular weight excluding hydrogens is 218 g/mol. The zero-order valence-electron chi connectivity index (χ0n) is 9.88. The van der Waals surface area contributed by atoms with Crippen LogP contribution < -0.4 is 5.32 Å². The minimum absolute atomic E-state index is 0.560. The average Bonchev–Trinajstić information content (AvgIpc) is 2.74. The molecule has 1 atom stereocenters. The summed E-state index contributed by atoms with van der Waals surface area (Å²) in [6.45, 7) is 2.27. The van der Waals surface area contributed by atoms with Gasteiger partial charge in [0.25, 0.3) is 0 Å². The summed E-state index contributed by atoms with van der Waals surface area (Å²) in [5, 5.41) is 4.34. The maximum absolute atomic E-state index is 5.86. The van der Waals surface area contributed by atoms with Gasteiger partial charge in [-0.2, -0.15) is 0 Å². The lowest BCUT2D eigenvalue weighted by Gasteiger charge is -2.18. The molecule has 0 aromatic heterocycles. The van der Waals surface area contributed by atoms with Crippen molar-refractivity contribution < 1.29 is 0 Å². The number of anilines is 1. The molecular formula is C14H20ClN. The summed E-state index contributed by atoms with van der Waals surface area (Å²) in [6.07, 6.45) is 7.00. The van der Waals surface area contributed by atoms with Gasteiger partial charge in [0.1, 0.15) is 0 Å². The largest absolute Gasteiger partial charge is 0.383 e. The fourth-order valence-electron chi connectivity index (χ4n) is 2.64. The predicted octanol–water partition coefficient (Wildman–Crippen LogP) is 4.72. The second kappa shape index (κ2) is 5.58. The molecule has 2 rings (SSSR count). The second-order valence-corrected chi connectivity index (χ2v) is 5.37. The topological polar surface area (TPSA) is 12.0 Å². The summed E-state index contributed by atoms with van der Waals surface area (Å²) in [7, 11) is 0. The highest BCUT2D eigenvalue weighted by Gasteiger charge is 2.17. The molecule has 1 saturated carbocycles. The second-order valence-electron chi connectivity index (χ2n) is 4.94. The highest BCUT2D eigenvalue weighted by molar-refractivity contribution is 6.30. The van der Waals surface area contributed by atoms with Crippen molar-refractivity contribution in [2.24, 2.45) is 5.92 Å². The van der Waals surface area contributed by atoms with Crippen LogP contribution in [0.3, 0.4) is 0 Å². The summed E-state index contributed by atoms with van der Waals surface area (Å²) < 4.78 is 0. The van der Waals surface area contributed by atoms with Gasteiger partial charge in [0, 0.05) is 16.8 Å². The Bertz CT molecular complexity index is 314. The lowest BCUT2D eigenvalue weighted by molar-refractivity contribution is 0.472. The third-order valence-corrected chi connectivity index (χ3v) is 3.67. The molecule has 1 aromatic rings. The Morgan fingerprint density at radius 2 is 1.88 bits per heavy atom. The minimum atomic E-state index is 0.560. The van der Waals surface area contributed by atoms with Crippen LogP contribution in [-0.2, 0) is 0 Å². The summed E-state index contributed by atoms with van der Waals surface area (Å²) >= 11 is 5.86. The Kier molecular flexibility index (Phi) is 4.11. The average molecular weight is 238 g/mol. The number of hydrogen-bond acceptors (Lipinski definition) is 1. The normalized spacial score (nSPS) is 18.6. The summed E-state index contributed by atoms with van der Waals surface area (Å²) in [4.78, 5) is 0. The molecule has 1 unspecified atom stereocenters. The van der Waals surface area contributed by atoms with Gasteiger partial charge in [-0.05, 0) is 43.5 Å². The van der Waals surface area contributed by atoms with Crippen LogP contribution in [0.25, 0.3) is 0 Å². The van der Waals surface area contributed by atoms with Gasteiger partial charge in [-0.25, -0.2) is 0 Å². The van der Waals surface area contributed by atoms with E-state index < -0.39 is 0 Å². The fraction of sp³-hybridized carbons (Fsp3) is 0.571. The maximum atomic E-state index is 5.86. The number of benzene rings is 1. The first-order valence-corrected chi connectivity index (χ1v) is 6.64. The van der Waals surface area contributed by atoms with Gasteiger partial charge in [-0.15, -0.1) is 0 Å². The van der Waals surface area contributed by atoms with E-state index in [-0.39, 0.29) is 0 Å². The van der Waals surface area contributed by atoms with Crippen LogP contribution in [0.1, 0.15) is 39.0 Å². The monoisotopic (exact) mass is 237 g/mol. The van der Waals surface area contributed by atoms with Gasteiger partial charge in [0.05, 0.1) is 0 Å². The van der Waals surface area contributed by atoms with Crippen molar-refractivity contribution in [1.29, 1.82) is 0 Å².